The molecule has 0 bridgehead atoms. The largest absolute Gasteiger partial charge is 0.481 e. The molecule has 1 heterocycles. The minimum absolute atomic E-state index is 0.0124. The lowest BCUT2D eigenvalue weighted by atomic mass is 10.0. The molecule has 25 heavy (non-hydrogen) atoms. The molecule has 5 heteroatoms. The highest BCUT2D eigenvalue weighted by Gasteiger charge is 2.26. The Morgan fingerprint density at radius 1 is 1.04 bits per heavy atom. The molecule has 0 spiro atoms. The molecule has 0 saturated carbocycles. The third kappa shape index (κ3) is 4.97. The molecule has 0 aromatic heterocycles. The van der Waals surface area contributed by atoms with Gasteiger partial charge in [0.2, 0.25) is 5.91 Å². The average Bonchev–Trinajstić information content (AvgIpc) is 2.80. The summed E-state index contributed by atoms with van der Waals surface area (Å²) in [7, 11) is 0. The number of nitrogens with zero attached hydrogens (tertiary/aromatic N) is 2. The van der Waals surface area contributed by atoms with Crippen LogP contribution in [0.1, 0.15) is 51.2 Å². The Labute approximate surface area is 150 Å². The van der Waals surface area contributed by atoms with E-state index in [1.165, 1.54) is 0 Å². The highest BCUT2D eigenvalue weighted by Crippen LogP contribution is 2.28. The van der Waals surface area contributed by atoms with Gasteiger partial charge in [-0.1, -0.05) is 26.0 Å². The maximum absolute atomic E-state index is 12.8. The maximum Gasteiger partial charge on any atom is 0.263 e. The Balaban J connectivity index is 2.05. The van der Waals surface area contributed by atoms with Crippen molar-refractivity contribution >= 4 is 11.8 Å². The van der Waals surface area contributed by atoms with Crippen LogP contribution in [0.4, 0.5) is 0 Å². The normalized spacial score (nSPS) is 16.6. The Morgan fingerprint density at radius 2 is 1.68 bits per heavy atom. The number of aryl methyl sites for hydroxylation is 1. The van der Waals surface area contributed by atoms with Gasteiger partial charge in [-0.3, -0.25) is 9.59 Å². The van der Waals surface area contributed by atoms with Gasteiger partial charge in [0.25, 0.3) is 5.91 Å². The summed E-state index contributed by atoms with van der Waals surface area (Å²) < 4.78 is 6.05. The van der Waals surface area contributed by atoms with Crippen molar-refractivity contribution in [3.05, 3.63) is 29.3 Å². The number of carbonyl (C=O) groups is 2. The van der Waals surface area contributed by atoms with Crippen LogP contribution in [-0.2, 0) is 9.59 Å². The van der Waals surface area contributed by atoms with Crippen LogP contribution in [0, 0.1) is 6.92 Å². The molecule has 0 radical (unpaired) electrons. The van der Waals surface area contributed by atoms with E-state index in [0.29, 0.717) is 32.1 Å². The molecule has 1 aromatic rings. The van der Waals surface area contributed by atoms with Gasteiger partial charge in [-0.15, -0.1) is 0 Å². The van der Waals surface area contributed by atoms with Crippen LogP contribution in [0.2, 0.25) is 0 Å². The van der Waals surface area contributed by atoms with Gasteiger partial charge in [-0.2, -0.15) is 0 Å². The smallest absolute Gasteiger partial charge is 0.263 e. The fraction of sp³-hybridized carbons (Fsp3) is 0.600. The Kier molecular flexibility index (Phi) is 6.45. The van der Waals surface area contributed by atoms with Gasteiger partial charge < -0.3 is 14.5 Å². The zero-order valence-electron chi connectivity index (χ0n) is 16.0. The molecule has 0 aliphatic carbocycles. The van der Waals surface area contributed by atoms with Crippen molar-refractivity contribution in [1.29, 1.82) is 0 Å². The summed E-state index contributed by atoms with van der Waals surface area (Å²) >= 11 is 0. The van der Waals surface area contributed by atoms with E-state index in [-0.39, 0.29) is 11.8 Å². The zero-order valence-corrected chi connectivity index (χ0v) is 16.0. The second-order valence-electron chi connectivity index (χ2n) is 7.14. The van der Waals surface area contributed by atoms with E-state index in [4.69, 9.17) is 4.74 Å². The predicted octanol–water partition coefficient (Wildman–Crippen LogP) is 2.97. The van der Waals surface area contributed by atoms with Gasteiger partial charge in [0.15, 0.2) is 6.10 Å². The van der Waals surface area contributed by atoms with Gasteiger partial charge in [0.05, 0.1) is 0 Å². The predicted molar refractivity (Wildman–Crippen MR) is 98.8 cm³/mol. The number of carbonyl (C=O) groups excluding carboxylic acids is 2. The van der Waals surface area contributed by atoms with E-state index in [9.17, 15) is 9.59 Å². The van der Waals surface area contributed by atoms with Gasteiger partial charge in [0.1, 0.15) is 5.75 Å². The second kappa shape index (κ2) is 8.37. The van der Waals surface area contributed by atoms with E-state index >= 15 is 0 Å². The lowest BCUT2D eigenvalue weighted by Crippen LogP contribution is -2.42. The van der Waals surface area contributed by atoms with E-state index in [0.717, 1.165) is 23.3 Å². The number of rotatable bonds is 4. The first kappa shape index (κ1) is 19.3. The van der Waals surface area contributed by atoms with Crippen molar-refractivity contribution in [2.24, 2.45) is 0 Å². The van der Waals surface area contributed by atoms with Crippen LogP contribution in [0.5, 0.6) is 5.75 Å². The summed E-state index contributed by atoms with van der Waals surface area (Å²) in [6.07, 6.45) is 0.267. The monoisotopic (exact) mass is 346 g/mol. The van der Waals surface area contributed by atoms with Gasteiger partial charge in [-0.25, -0.2) is 0 Å². The Bertz CT molecular complexity index is 627. The first-order chi connectivity index (χ1) is 11.8. The Hall–Kier alpha value is -2.04. The van der Waals surface area contributed by atoms with Crippen LogP contribution in [0.3, 0.4) is 0 Å². The molecule has 1 aliphatic rings. The molecular formula is C20H30N2O3. The zero-order chi connectivity index (χ0) is 18.6. The number of benzene rings is 1. The summed E-state index contributed by atoms with van der Waals surface area (Å²) in [5.41, 5.74) is 2.23. The second-order valence-corrected chi connectivity index (χ2v) is 7.14. The van der Waals surface area contributed by atoms with Crippen LogP contribution in [0.15, 0.2) is 18.2 Å². The molecule has 0 N–H and O–H groups in total. The highest BCUT2D eigenvalue weighted by molar-refractivity contribution is 5.81. The lowest BCUT2D eigenvalue weighted by molar-refractivity contribution is -0.138. The Morgan fingerprint density at radius 3 is 2.32 bits per heavy atom. The third-order valence-electron chi connectivity index (χ3n) is 4.70. The first-order valence-electron chi connectivity index (χ1n) is 9.11. The summed E-state index contributed by atoms with van der Waals surface area (Å²) in [4.78, 5) is 27.9. The molecule has 1 atom stereocenters. The van der Waals surface area contributed by atoms with Crippen LogP contribution in [0.25, 0.3) is 0 Å². The highest BCUT2D eigenvalue weighted by atomic mass is 16.5. The summed E-state index contributed by atoms with van der Waals surface area (Å²) in [5, 5.41) is 0. The van der Waals surface area contributed by atoms with Crippen molar-refractivity contribution in [1.82, 2.24) is 9.80 Å². The molecule has 0 unspecified atom stereocenters. The van der Waals surface area contributed by atoms with Crippen LogP contribution >= 0.6 is 0 Å². The maximum atomic E-state index is 12.8. The number of ether oxygens (including phenoxy) is 1. The molecule has 2 amide bonds. The number of hydrogen-bond donors (Lipinski definition) is 0. The summed E-state index contributed by atoms with van der Waals surface area (Å²) in [6.45, 7) is 12.2. The molecule has 5 nitrogen and oxygen atoms in total. The van der Waals surface area contributed by atoms with Gasteiger partial charge >= 0.3 is 0 Å². The average molecular weight is 346 g/mol. The topological polar surface area (TPSA) is 49.9 Å². The molecule has 138 valence electrons. The minimum Gasteiger partial charge on any atom is -0.481 e. The van der Waals surface area contributed by atoms with E-state index in [2.05, 4.69) is 26.0 Å². The van der Waals surface area contributed by atoms with Crippen molar-refractivity contribution in [2.45, 2.75) is 53.1 Å². The SMILES string of the molecule is CC(=O)N1CCCN(C(=O)[C@@H](C)Oc2cc(C)ccc2C(C)C)CC1. The molecule has 1 aromatic carbocycles. The van der Waals surface area contributed by atoms with Crippen molar-refractivity contribution < 1.29 is 14.3 Å². The van der Waals surface area contributed by atoms with Crippen LogP contribution in [-0.4, -0.2) is 53.9 Å². The standard InChI is InChI=1S/C20H30N2O3/c1-14(2)18-8-7-15(3)13-19(18)25-16(4)20(24)22-10-6-9-21(11-12-22)17(5)23/h7-8,13-14,16H,6,9-12H2,1-5H3/t16-/m1/s1. The fourth-order valence-corrected chi connectivity index (χ4v) is 3.17. The quantitative estimate of drug-likeness (QED) is 0.842. The first-order valence-corrected chi connectivity index (χ1v) is 9.11. The summed E-state index contributed by atoms with van der Waals surface area (Å²) in [6, 6.07) is 6.14. The lowest BCUT2D eigenvalue weighted by Gasteiger charge is -2.26. The van der Waals surface area contributed by atoms with Gasteiger partial charge in [-0.05, 0) is 43.4 Å². The van der Waals surface area contributed by atoms with Crippen molar-refractivity contribution in [3.63, 3.8) is 0 Å². The van der Waals surface area contributed by atoms with Crippen molar-refractivity contribution in [3.8, 4) is 5.75 Å². The van der Waals surface area contributed by atoms with E-state index in [1.54, 1.807) is 11.8 Å². The molecular weight excluding hydrogens is 316 g/mol. The minimum atomic E-state index is -0.539. The summed E-state index contributed by atoms with van der Waals surface area (Å²) in [5.74, 6) is 1.18. The number of hydrogen-bond acceptors (Lipinski definition) is 3. The third-order valence-corrected chi connectivity index (χ3v) is 4.70. The van der Waals surface area contributed by atoms with Gasteiger partial charge in [0, 0.05) is 33.1 Å². The molecule has 1 aliphatic heterocycles. The van der Waals surface area contributed by atoms with E-state index < -0.39 is 6.10 Å². The molecule has 2 rings (SSSR count). The van der Waals surface area contributed by atoms with Crippen molar-refractivity contribution in [2.75, 3.05) is 26.2 Å². The fourth-order valence-electron chi connectivity index (χ4n) is 3.17. The van der Waals surface area contributed by atoms with Crippen LogP contribution < -0.4 is 4.74 Å². The van der Waals surface area contributed by atoms with E-state index in [1.807, 2.05) is 24.8 Å². The molecule has 1 fully saturated rings. The number of amides is 2. The molecule has 1 saturated heterocycles.